The van der Waals surface area contributed by atoms with Gasteiger partial charge in [-0.3, -0.25) is 15.0 Å². The number of rotatable bonds is 7. The van der Waals surface area contributed by atoms with E-state index in [1.54, 1.807) is 7.11 Å². The summed E-state index contributed by atoms with van der Waals surface area (Å²) in [6.07, 6.45) is 2.24. The SMILES string of the molecule is CNC(=O)NC(=O)C(C)N1CCCC(CNCCOC)C1. The van der Waals surface area contributed by atoms with Gasteiger partial charge in [0.1, 0.15) is 0 Å². The van der Waals surface area contributed by atoms with Crippen LogP contribution in [0.2, 0.25) is 0 Å². The molecule has 2 atom stereocenters. The van der Waals surface area contributed by atoms with Crippen molar-refractivity contribution in [2.75, 3.05) is 46.9 Å². The minimum Gasteiger partial charge on any atom is -0.383 e. The molecule has 1 aliphatic heterocycles. The Hall–Kier alpha value is -1.18. The van der Waals surface area contributed by atoms with Crippen LogP contribution in [0.25, 0.3) is 0 Å². The molecule has 0 spiro atoms. The van der Waals surface area contributed by atoms with Gasteiger partial charge in [0.05, 0.1) is 12.6 Å². The summed E-state index contributed by atoms with van der Waals surface area (Å²) in [4.78, 5) is 25.3. The molecule has 0 bridgehead atoms. The number of urea groups is 1. The smallest absolute Gasteiger partial charge is 0.321 e. The first-order valence-corrected chi connectivity index (χ1v) is 7.54. The van der Waals surface area contributed by atoms with Crippen molar-refractivity contribution in [1.29, 1.82) is 0 Å². The molecule has 7 heteroatoms. The van der Waals surface area contributed by atoms with E-state index in [-0.39, 0.29) is 11.9 Å². The molecule has 7 nitrogen and oxygen atoms in total. The first-order valence-electron chi connectivity index (χ1n) is 7.54. The fourth-order valence-corrected chi connectivity index (χ4v) is 2.54. The summed E-state index contributed by atoms with van der Waals surface area (Å²) < 4.78 is 5.01. The summed E-state index contributed by atoms with van der Waals surface area (Å²) in [6, 6.07) is -0.745. The van der Waals surface area contributed by atoms with Gasteiger partial charge in [-0.05, 0) is 38.8 Å². The summed E-state index contributed by atoms with van der Waals surface area (Å²) in [7, 11) is 3.19. The van der Waals surface area contributed by atoms with Crippen LogP contribution in [0.5, 0.6) is 0 Å². The Bertz CT molecular complexity index is 338. The highest BCUT2D eigenvalue weighted by Gasteiger charge is 2.27. The number of carbonyl (C=O) groups is 2. The third kappa shape index (κ3) is 6.41. The van der Waals surface area contributed by atoms with Gasteiger partial charge in [-0.25, -0.2) is 4.79 Å². The Labute approximate surface area is 126 Å². The highest BCUT2D eigenvalue weighted by molar-refractivity contribution is 5.96. The molecule has 1 aliphatic rings. The van der Waals surface area contributed by atoms with Crippen LogP contribution in [0.4, 0.5) is 4.79 Å². The van der Waals surface area contributed by atoms with Gasteiger partial charge in [-0.2, -0.15) is 0 Å². The molecule has 21 heavy (non-hydrogen) atoms. The van der Waals surface area contributed by atoms with E-state index in [9.17, 15) is 9.59 Å². The first-order chi connectivity index (χ1) is 10.1. The van der Waals surface area contributed by atoms with E-state index in [4.69, 9.17) is 4.74 Å². The lowest BCUT2D eigenvalue weighted by atomic mass is 9.96. The average molecular weight is 300 g/mol. The Kier molecular flexibility index (Phi) is 8.26. The lowest BCUT2D eigenvalue weighted by Gasteiger charge is -2.36. The highest BCUT2D eigenvalue weighted by Crippen LogP contribution is 2.18. The van der Waals surface area contributed by atoms with Gasteiger partial charge in [-0.1, -0.05) is 0 Å². The van der Waals surface area contributed by atoms with Crippen molar-refractivity contribution in [3.05, 3.63) is 0 Å². The molecule has 1 fully saturated rings. The lowest BCUT2D eigenvalue weighted by Crippen LogP contribution is -2.52. The number of nitrogens with zero attached hydrogens (tertiary/aromatic N) is 1. The summed E-state index contributed by atoms with van der Waals surface area (Å²) in [5.41, 5.74) is 0. The minimum atomic E-state index is -0.457. The van der Waals surface area contributed by atoms with Gasteiger partial charge in [0, 0.05) is 27.2 Å². The highest BCUT2D eigenvalue weighted by atomic mass is 16.5. The van der Waals surface area contributed by atoms with E-state index in [1.165, 1.54) is 13.5 Å². The topological polar surface area (TPSA) is 82.7 Å². The van der Waals surface area contributed by atoms with Gasteiger partial charge < -0.3 is 15.4 Å². The first kappa shape index (κ1) is 17.9. The molecule has 1 rings (SSSR count). The zero-order valence-electron chi connectivity index (χ0n) is 13.3. The average Bonchev–Trinajstić information content (AvgIpc) is 2.51. The van der Waals surface area contributed by atoms with Gasteiger partial charge in [-0.15, -0.1) is 0 Å². The monoisotopic (exact) mass is 300 g/mol. The van der Waals surface area contributed by atoms with Crippen LogP contribution < -0.4 is 16.0 Å². The normalized spacial score (nSPS) is 20.8. The van der Waals surface area contributed by atoms with Crippen LogP contribution >= 0.6 is 0 Å². The standard InChI is InChI=1S/C14H28N4O3/c1-11(13(19)17-14(20)15-2)18-7-4-5-12(10-18)9-16-6-8-21-3/h11-12,16H,4-10H2,1-3H3,(H2,15,17,19,20). The van der Waals surface area contributed by atoms with Crippen molar-refractivity contribution in [2.45, 2.75) is 25.8 Å². The van der Waals surface area contributed by atoms with Crippen LogP contribution in [-0.2, 0) is 9.53 Å². The number of imide groups is 1. The number of hydrogen-bond donors (Lipinski definition) is 3. The van der Waals surface area contributed by atoms with E-state index >= 15 is 0 Å². The van der Waals surface area contributed by atoms with Gasteiger partial charge in [0.15, 0.2) is 0 Å². The van der Waals surface area contributed by atoms with E-state index < -0.39 is 6.03 Å². The molecular formula is C14H28N4O3. The molecule has 0 aliphatic carbocycles. The van der Waals surface area contributed by atoms with Crippen molar-refractivity contribution in [3.8, 4) is 0 Å². The molecule has 3 N–H and O–H groups in total. The second-order valence-electron chi connectivity index (χ2n) is 5.44. The number of nitrogens with one attached hydrogen (secondary N) is 3. The molecule has 3 amide bonds. The van der Waals surface area contributed by atoms with Crippen molar-refractivity contribution in [2.24, 2.45) is 5.92 Å². The zero-order chi connectivity index (χ0) is 15.7. The van der Waals surface area contributed by atoms with Gasteiger partial charge in [0.25, 0.3) is 0 Å². The zero-order valence-corrected chi connectivity index (χ0v) is 13.3. The second kappa shape index (κ2) is 9.70. The molecule has 0 aromatic rings. The van der Waals surface area contributed by atoms with Crippen molar-refractivity contribution in [3.63, 3.8) is 0 Å². The number of piperidine rings is 1. The number of methoxy groups -OCH3 is 1. The summed E-state index contributed by atoms with van der Waals surface area (Å²) in [5.74, 6) is 0.285. The van der Waals surface area contributed by atoms with Crippen molar-refractivity contribution >= 4 is 11.9 Å². The third-order valence-electron chi connectivity index (χ3n) is 3.86. The van der Waals surface area contributed by atoms with Crippen LogP contribution in [-0.4, -0.2) is 69.8 Å². The Morgan fingerprint density at radius 2 is 2.19 bits per heavy atom. The quantitative estimate of drug-likeness (QED) is 0.566. The molecule has 0 saturated carbocycles. The molecule has 122 valence electrons. The predicted molar refractivity (Wildman–Crippen MR) is 81.1 cm³/mol. The van der Waals surface area contributed by atoms with Crippen LogP contribution in [0, 0.1) is 5.92 Å². The Morgan fingerprint density at radius 3 is 2.86 bits per heavy atom. The molecule has 0 radical (unpaired) electrons. The summed E-state index contributed by atoms with van der Waals surface area (Å²) in [6.45, 7) is 6.11. The number of amides is 3. The van der Waals surface area contributed by atoms with E-state index in [0.29, 0.717) is 12.5 Å². The molecule has 0 aromatic heterocycles. The predicted octanol–water partition coefficient (Wildman–Crippen LogP) is -0.221. The minimum absolute atomic E-state index is 0.248. The third-order valence-corrected chi connectivity index (χ3v) is 3.86. The Morgan fingerprint density at radius 1 is 1.43 bits per heavy atom. The molecular weight excluding hydrogens is 272 g/mol. The number of hydrogen-bond acceptors (Lipinski definition) is 5. The molecule has 0 aromatic carbocycles. The fourth-order valence-electron chi connectivity index (χ4n) is 2.54. The van der Waals surface area contributed by atoms with Gasteiger partial charge >= 0.3 is 6.03 Å². The van der Waals surface area contributed by atoms with Crippen LogP contribution in [0.1, 0.15) is 19.8 Å². The molecule has 2 unspecified atom stereocenters. The second-order valence-corrected chi connectivity index (χ2v) is 5.44. The number of carbonyl (C=O) groups excluding carboxylic acids is 2. The van der Waals surface area contributed by atoms with Gasteiger partial charge in [0.2, 0.25) is 5.91 Å². The lowest BCUT2D eigenvalue weighted by molar-refractivity contribution is -0.125. The van der Waals surface area contributed by atoms with Crippen LogP contribution in [0.15, 0.2) is 0 Å². The largest absolute Gasteiger partial charge is 0.383 e. The maximum absolute atomic E-state index is 12.0. The van der Waals surface area contributed by atoms with Crippen LogP contribution in [0.3, 0.4) is 0 Å². The van der Waals surface area contributed by atoms with E-state index in [1.807, 2.05) is 6.92 Å². The maximum atomic E-state index is 12.0. The number of ether oxygens (including phenoxy) is 1. The van der Waals surface area contributed by atoms with E-state index in [2.05, 4.69) is 20.9 Å². The summed E-state index contributed by atoms with van der Waals surface area (Å²) in [5, 5.41) is 8.10. The number of likely N-dealkylation sites (tertiary alicyclic amines) is 1. The fraction of sp³-hybridized carbons (Fsp3) is 0.857. The van der Waals surface area contributed by atoms with Crippen molar-refractivity contribution < 1.29 is 14.3 Å². The summed E-state index contributed by atoms with van der Waals surface area (Å²) >= 11 is 0. The van der Waals surface area contributed by atoms with E-state index in [0.717, 1.165) is 32.6 Å². The molecule has 1 heterocycles. The Balaban J connectivity index is 2.36. The molecule has 1 saturated heterocycles. The van der Waals surface area contributed by atoms with Crippen molar-refractivity contribution in [1.82, 2.24) is 20.9 Å². The maximum Gasteiger partial charge on any atom is 0.321 e.